The average Bonchev–Trinajstić information content (AvgIpc) is 2.55. The number of nitrogens with two attached hydrogens (primary N) is 1. The highest BCUT2D eigenvalue weighted by Crippen LogP contribution is 2.11. The molecule has 0 atom stereocenters. The number of H-pyrrole nitrogens is 1. The Morgan fingerprint density at radius 3 is 2.82 bits per heavy atom. The van der Waals surface area contributed by atoms with Crippen LogP contribution >= 0.6 is 0 Å². The van der Waals surface area contributed by atoms with Crippen molar-refractivity contribution in [3.63, 3.8) is 0 Å². The molecule has 17 heavy (non-hydrogen) atoms. The Morgan fingerprint density at radius 1 is 1.41 bits per heavy atom. The lowest BCUT2D eigenvalue weighted by atomic mass is 10.1. The van der Waals surface area contributed by atoms with Crippen LogP contribution in [0.4, 0.5) is 0 Å². The van der Waals surface area contributed by atoms with Gasteiger partial charge in [-0.25, -0.2) is 0 Å². The van der Waals surface area contributed by atoms with Crippen LogP contribution in [-0.4, -0.2) is 16.3 Å². The highest BCUT2D eigenvalue weighted by molar-refractivity contribution is 5.78. The Balaban J connectivity index is 2.46. The first-order valence-corrected chi connectivity index (χ1v) is 6.03. The molecule has 1 aromatic heterocycles. The van der Waals surface area contributed by atoms with E-state index in [4.69, 9.17) is 5.73 Å². The maximum atomic E-state index is 12.0. The number of aromatic amines is 1. The van der Waals surface area contributed by atoms with Crippen LogP contribution in [-0.2, 0) is 13.0 Å². The molecule has 0 bridgehead atoms. The predicted octanol–water partition coefficient (Wildman–Crippen LogP) is 1.49. The van der Waals surface area contributed by atoms with Crippen molar-refractivity contribution in [2.45, 2.75) is 26.8 Å². The van der Waals surface area contributed by atoms with E-state index in [2.05, 4.69) is 18.9 Å². The molecule has 2 aromatic rings. The molecule has 0 fully saturated rings. The molecule has 0 aliphatic rings. The van der Waals surface area contributed by atoms with Crippen molar-refractivity contribution in [2.75, 3.05) is 6.54 Å². The zero-order chi connectivity index (χ0) is 12.4. The third-order valence-corrected chi connectivity index (χ3v) is 2.80. The van der Waals surface area contributed by atoms with E-state index in [0.29, 0.717) is 12.5 Å². The normalized spacial score (nSPS) is 11.5. The third-order valence-electron chi connectivity index (χ3n) is 2.80. The first-order chi connectivity index (χ1) is 8.11. The fraction of sp³-hybridized carbons (Fsp3) is 0.462. The van der Waals surface area contributed by atoms with Crippen LogP contribution in [0.5, 0.6) is 0 Å². The van der Waals surface area contributed by atoms with Crippen molar-refractivity contribution in [1.29, 1.82) is 0 Å². The SMILES string of the molecule is CC(C)Cn1[nH]c2cc(CCN)ccc2c1=O. The van der Waals surface area contributed by atoms with Crippen molar-refractivity contribution in [2.24, 2.45) is 11.7 Å². The second-order valence-electron chi connectivity index (χ2n) is 4.84. The fourth-order valence-electron chi connectivity index (χ4n) is 2.03. The van der Waals surface area contributed by atoms with Crippen LogP contribution in [0.1, 0.15) is 19.4 Å². The summed E-state index contributed by atoms with van der Waals surface area (Å²) in [5.74, 6) is 0.448. The molecule has 0 saturated carbocycles. The highest BCUT2D eigenvalue weighted by Gasteiger charge is 2.07. The molecule has 0 saturated heterocycles. The van der Waals surface area contributed by atoms with Gasteiger partial charge in [0.05, 0.1) is 10.9 Å². The monoisotopic (exact) mass is 233 g/mol. The van der Waals surface area contributed by atoms with Crippen molar-refractivity contribution in [3.8, 4) is 0 Å². The summed E-state index contributed by atoms with van der Waals surface area (Å²) in [5.41, 5.74) is 7.66. The van der Waals surface area contributed by atoms with Gasteiger partial charge >= 0.3 is 0 Å². The van der Waals surface area contributed by atoms with Crippen LogP contribution < -0.4 is 11.3 Å². The Morgan fingerprint density at radius 2 is 2.18 bits per heavy atom. The summed E-state index contributed by atoms with van der Waals surface area (Å²) >= 11 is 0. The number of aromatic nitrogens is 2. The fourth-order valence-corrected chi connectivity index (χ4v) is 2.03. The number of fused-ring (bicyclic) bond motifs is 1. The van der Waals surface area contributed by atoms with Gasteiger partial charge in [-0.2, -0.15) is 0 Å². The van der Waals surface area contributed by atoms with Gasteiger partial charge < -0.3 is 5.73 Å². The summed E-state index contributed by atoms with van der Waals surface area (Å²) in [6.07, 6.45) is 0.841. The highest BCUT2D eigenvalue weighted by atomic mass is 16.1. The first-order valence-electron chi connectivity index (χ1n) is 6.03. The minimum Gasteiger partial charge on any atom is -0.330 e. The molecule has 0 radical (unpaired) electrons. The largest absolute Gasteiger partial charge is 0.330 e. The zero-order valence-electron chi connectivity index (χ0n) is 10.4. The molecular weight excluding hydrogens is 214 g/mol. The Kier molecular flexibility index (Phi) is 3.33. The second-order valence-corrected chi connectivity index (χ2v) is 4.84. The van der Waals surface area contributed by atoms with Gasteiger partial charge in [-0.15, -0.1) is 0 Å². The predicted molar refractivity (Wildman–Crippen MR) is 70.2 cm³/mol. The van der Waals surface area contributed by atoms with Gasteiger partial charge in [-0.3, -0.25) is 14.6 Å². The van der Waals surface area contributed by atoms with E-state index in [1.807, 2.05) is 18.2 Å². The summed E-state index contributed by atoms with van der Waals surface area (Å²) in [5, 5.41) is 3.91. The molecule has 0 unspecified atom stereocenters. The maximum absolute atomic E-state index is 12.0. The molecular formula is C13H19N3O. The van der Waals surface area contributed by atoms with Gasteiger partial charge in [-0.05, 0) is 36.6 Å². The lowest BCUT2D eigenvalue weighted by Crippen LogP contribution is -2.19. The van der Waals surface area contributed by atoms with E-state index in [0.717, 1.165) is 29.4 Å². The zero-order valence-corrected chi connectivity index (χ0v) is 10.4. The van der Waals surface area contributed by atoms with Crippen LogP contribution in [0.25, 0.3) is 10.9 Å². The van der Waals surface area contributed by atoms with Crippen LogP contribution in [0.2, 0.25) is 0 Å². The van der Waals surface area contributed by atoms with E-state index in [1.54, 1.807) is 4.68 Å². The molecule has 1 aromatic carbocycles. The summed E-state index contributed by atoms with van der Waals surface area (Å²) < 4.78 is 1.68. The van der Waals surface area contributed by atoms with E-state index in [9.17, 15) is 4.79 Å². The van der Waals surface area contributed by atoms with Crippen molar-refractivity contribution in [3.05, 3.63) is 34.1 Å². The molecule has 0 aliphatic heterocycles. The van der Waals surface area contributed by atoms with Crippen molar-refractivity contribution in [1.82, 2.24) is 9.78 Å². The maximum Gasteiger partial charge on any atom is 0.274 e. The van der Waals surface area contributed by atoms with Crippen molar-refractivity contribution < 1.29 is 0 Å². The minimum atomic E-state index is 0.0630. The quantitative estimate of drug-likeness (QED) is 0.840. The molecule has 4 nitrogen and oxygen atoms in total. The summed E-state index contributed by atoms with van der Waals surface area (Å²) in [4.78, 5) is 12.0. The lowest BCUT2D eigenvalue weighted by molar-refractivity contribution is 0.476. The Hall–Kier alpha value is -1.55. The number of hydrogen-bond acceptors (Lipinski definition) is 2. The van der Waals surface area contributed by atoms with Crippen LogP contribution in [0.3, 0.4) is 0 Å². The topological polar surface area (TPSA) is 63.8 Å². The molecule has 4 heteroatoms. The Labute approximate surface area is 100 Å². The number of nitrogens with zero attached hydrogens (tertiary/aromatic N) is 1. The van der Waals surface area contributed by atoms with E-state index >= 15 is 0 Å². The number of rotatable bonds is 4. The number of nitrogens with one attached hydrogen (secondary N) is 1. The molecule has 0 amide bonds. The summed E-state index contributed by atoms with van der Waals surface area (Å²) in [7, 11) is 0. The number of hydrogen-bond donors (Lipinski definition) is 2. The standard InChI is InChI=1S/C13H19N3O/c1-9(2)8-16-13(17)11-4-3-10(5-6-14)7-12(11)15-16/h3-4,7,9,15H,5-6,8,14H2,1-2H3. The molecule has 0 aliphatic carbocycles. The summed E-state index contributed by atoms with van der Waals surface area (Å²) in [6.45, 7) is 5.54. The summed E-state index contributed by atoms with van der Waals surface area (Å²) in [6, 6.07) is 5.88. The van der Waals surface area contributed by atoms with Crippen LogP contribution in [0.15, 0.2) is 23.0 Å². The smallest absolute Gasteiger partial charge is 0.274 e. The lowest BCUT2D eigenvalue weighted by Gasteiger charge is -2.03. The van der Waals surface area contributed by atoms with E-state index in [-0.39, 0.29) is 5.56 Å². The van der Waals surface area contributed by atoms with Gasteiger partial charge in [0, 0.05) is 6.54 Å². The second kappa shape index (κ2) is 4.75. The number of benzene rings is 1. The Bertz CT molecular complexity index is 566. The van der Waals surface area contributed by atoms with Gasteiger partial charge in [0.2, 0.25) is 0 Å². The molecule has 2 rings (SSSR count). The first kappa shape index (κ1) is 11.9. The van der Waals surface area contributed by atoms with E-state index < -0.39 is 0 Å². The molecule has 1 heterocycles. The van der Waals surface area contributed by atoms with Crippen molar-refractivity contribution >= 4 is 10.9 Å². The third kappa shape index (κ3) is 2.42. The molecule has 92 valence electrons. The van der Waals surface area contributed by atoms with Gasteiger partial charge in [0.25, 0.3) is 5.56 Å². The van der Waals surface area contributed by atoms with Gasteiger partial charge in [-0.1, -0.05) is 19.9 Å². The van der Waals surface area contributed by atoms with Gasteiger partial charge in [0.15, 0.2) is 0 Å². The van der Waals surface area contributed by atoms with Gasteiger partial charge in [0.1, 0.15) is 0 Å². The minimum absolute atomic E-state index is 0.0630. The van der Waals surface area contributed by atoms with Crippen LogP contribution in [0, 0.1) is 5.92 Å². The average molecular weight is 233 g/mol. The molecule has 0 spiro atoms. The molecule has 3 N–H and O–H groups in total. The van der Waals surface area contributed by atoms with E-state index in [1.165, 1.54) is 0 Å².